The molecule has 0 unspecified atom stereocenters. The standard InChI is InChI=1S/C14H26N4O2/c1-12(2)8-15-9-13-10-16-14(17-11-13)18(4-6-19)5-7-20-3/h10-12,15,19H,4-9H2,1-3H3. The van der Waals surface area contributed by atoms with E-state index in [1.165, 1.54) is 0 Å². The molecule has 1 heterocycles. The van der Waals surface area contributed by atoms with E-state index < -0.39 is 0 Å². The summed E-state index contributed by atoms with van der Waals surface area (Å²) in [5.74, 6) is 1.26. The molecule has 0 spiro atoms. The normalized spacial score (nSPS) is 11.1. The molecule has 0 aliphatic rings. The highest BCUT2D eigenvalue weighted by Gasteiger charge is 2.08. The fraction of sp³-hybridized carbons (Fsp3) is 0.714. The van der Waals surface area contributed by atoms with Crippen LogP contribution in [0, 0.1) is 5.92 Å². The summed E-state index contributed by atoms with van der Waals surface area (Å²) in [5.41, 5.74) is 1.06. The van der Waals surface area contributed by atoms with Crippen molar-refractivity contribution in [2.75, 3.05) is 44.9 Å². The average molecular weight is 282 g/mol. The second kappa shape index (κ2) is 9.63. The number of nitrogens with zero attached hydrogens (tertiary/aromatic N) is 3. The fourth-order valence-corrected chi connectivity index (χ4v) is 1.74. The Bertz CT molecular complexity index is 357. The first-order chi connectivity index (χ1) is 9.67. The zero-order chi connectivity index (χ0) is 14.8. The summed E-state index contributed by atoms with van der Waals surface area (Å²) in [6.07, 6.45) is 3.65. The molecule has 6 heteroatoms. The average Bonchev–Trinajstić information content (AvgIpc) is 2.44. The Labute approximate surface area is 121 Å². The number of anilines is 1. The smallest absolute Gasteiger partial charge is 0.225 e. The summed E-state index contributed by atoms with van der Waals surface area (Å²) in [4.78, 5) is 10.6. The van der Waals surface area contributed by atoms with Gasteiger partial charge in [-0.2, -0.15) is 0 Å². The van der Waals surface area contributed by atoms with E-state index in [1.54, 1.807) is 7.11 Å². The molecule has 0 amide bonds. The number of rotatable bonds is 10. The van der Waals surface area contributed by atoms with Crippen LogP contribution >= 0.6 is 0 Å². The lowest BCUT2D eigenvalue weighted by atomic mass is 10.2. The molecule has 0 fully saturated rings. The number of aliphatic hydroxyl groups is 1. The molecule has 0 radical (unpaired) electrons. The largest absolute Gasteiger partial charge is 0.395 e. The lowest BCUT2D eigenvalue weighted by Crippen LogP contribution is -2.31. The van der Waals surface area contributed by atoms with Gasteiger partial charge in [-0.15, -0.1) is 0 Å². The van der Waals surface area contributed by atoms with Crippen LogP contribution in [0.5, 0.6) is 0 Å². The lowest BCUT2D eigenvalue weighted by Gasteiger charge is -2.21. The van der Waals surface area contributed by atoms with Crippen LogP contribution in [0.3, 0.4) is 0 Å². The van der Waals surface area contributed by atoms with Crippen molar-refractivity contribution in [2.45, 2.75) is 20.4 Å². The van der Waals surface area contributed by atoms with Gasteiger partial charge in [-0.3, -0.25) is 0 Å². The van der Waals surface area contributed by atoms with Crippen molar-refractivity contribution in [3.63, 3.8) is 0 Å². The molecule has 0 saturated carbocycles. The minimum absolute atomic E-state index is 0.0742. The second-order valence-corrected chi connectivity index (χ2v) is 5.12. The van der Waals surface area contributed by atoms with Gasteiger partial charge in [-0.1, -0.05) is 13.8 Å². The molecule has 1 aromatic heterocycles. The first kappa shape index (κ1) is 16.8. The first-order valence-electron chi connectivity index (χ1n) is 7.03. The molecule has 0 aromatic carbocycles. The third-order valence-electron chi connectivity index (χ3n) is 2.79. The number of aromatic nitrogens is 2. The van der Waals surface area contributed by atoms with Crippen molar-refractivity contribution in [1.82, 2.24) is 15.3 Å². The molecule has 0 aliphatic carbocycles. The maximum absolute atomic E-state index is 9.07. The van der Waals surface area contributed by atoms with Crippen LogP contribution in [0.4, 0.5) is 5.95 Å². The minimum atomic E-state index is 0.0742. The second-order valence-electron chi connectivity index (χ2n) is 5.12. The minimum Gasteiger partial charge on any atom is -0.395 e. The van der Waals surface area contributed by atoms with Crippen LogP contribution in [-0.4, -0.2) is 55.0 Å². The van der Waals surface area contributed by atoms with Gasteiger partial charge in [-0.25, -0.2) is 9.97 Å². The molecular weight excluding hydrogens is 256 g/mol. The Morgan fingerprint density at radius 3 is 2.55 bits per heavy atom. The van der Waals surface area contributed by atoms with Gasteiger partial charge in [0, 0.05) is 44.7 Å². The van der Waals surface area contributed by atoms with Crippen molar-refractivity contribution >= 4 is 5.95 Å². The van der Waals surface area contributed by atoms with E-state index in [9.17, 15) is 0 Å². The van der Waals surface area contributed by atoms with Gasteiger partial charge in [0.15, 0.2) is 0 Å². The van der Waals surface area contributed by atoms with Gasteiger partial charge < -0.3 is 20.1 Å². The van der Waals surface area contributed by atoms with Gasteiger partial charge in [0.25, 0.3) is 0 Å². The summed E-state index contributed by atoms with van der Waals surface area (Å²) < 4.78 is 5.05. The van der Waals surface area contributed by atoms with Crippen LogP contribution < -0.4 is 10.2 Å². The number of ether oxygens (including phenoxy) is 1. The summed E-state index contributed by atoms with van der Waals surface area (Å²) in [6, 6.07) is 0. The Morgan fingerprint density at radius 1 is 1.30 bits per heavy atom. The predicted octanol–water partition coefficient (Wildman–Crippen LogP) is 0.667. The zero-order valence-electron chi connectivity index (χ0n) is 12.7. The summed E-state index contributed by atoms with van der Waals surface area (Å²) >= 11 is 0. The number of aliphatic hydroxyl groups excluding tert-OH is 1. The molecule has 20 heavy (non-hydrogen) atoms. The van der Waals surface area contributed by atoms with Gasteiger partial charge in [0.2, 0.25) is 5.95 Å². The maximum atomic E-state index is 9.07. The Balaban J connectivity index is 2.53. The molecule has 1 rings (SSSR count). The van der Waals surface area contributed by atoms with Gasteiger partial charge in [0.05, 0.1) is 13.2 Å². The molecule has 114 valence electrons. The van der Waals surface area contributed by atoms with E-state index in [0.717, 1.165) is 18.7 Å². The highest BCUT2D eigenvalue weighted by molar-refractivity contribution is 5.29. The molecule has 6 nitrogen and oxygen atoms in total. The van der Waals surface area contributed by atoms with E-state index in [2.05, 4.69) is 29.1 Å². The Morgan fingerprint density at radius 2 is 2.00 bits per heavy atom. The number of hydrogen-bond acceptors (Lipinski definition) is 6. The van der Waals surface area contributed by atoms with Gasteiger partial charge >= 0.3 is 0 Å². The third-order valence-corrected chi connectivity index (χ3v) is 2.79. The van der Waals surface area contributed by atoms with Crippen LogP contribution in [0.1, 0.15) is 19.4 Å². The highest BCUT2D eigenvalue weighted by atomic mass is 16.5. The lowest BCUT2D eigenvalue weighted by molar-refractivity contribution is 0.202. The third kappa shape index (κ3) is 6.27. The molecule has 0 saturated heterocycles. The molecule has 0 aliphatic heterocycles. The van der Waals surface area contributed by atoms with Crippen molar-refractivity contribution in [2.24, 2.45) is 5.92 Å². The van der Waals surface area contributed by atoms with Crippen molar-refractivity contribution in [3.8, 4) is 0 Å². The van der Waals surface area contributed by atoms with E-state index in [0.29, 0.717) is 31.6 Å². The van der Waals surface area contributed by atoms with Crippen LogP contribution in [-0.2, 0) is 11.3 Å². The highest BCUT2D eigenvalue weighted by Crippen LogP contribution is 2.06. The Hall–Kier alpha value is -1.24. The fourth-order valence-electron chi connectivity index (χ4n) is 1.74. The van der Waals surface area contributed by atoms with Gasteiger partial charge in [0.1, 0.15) is 0 Å². The van der Waals surface area contributed by atoms with Gasteiger partial charge in [-0.05, 0) is 12.5 Å². The van der Waals surface area contributed by atoms with Crippen molar-refractivity contribution < 1.29 is 9.84 Å². The molecule has 2 N–H and O–H groups in total. The summed E-state index contributed by atoms with van der Waals surface area (Å²) in [7, 11) is 1.65. The molecule has 0 atom stereocenters. The number of hydrogen-bond donors (Lipinski definition) is 2. The maximum Gasteiger partial charge on any atom is 0.225 e. The predicted molar refractivity (Wildman–Crippen MR) is 79.8 cm³/mol. The molecule has 1 aromatic rings. The number of methoxy groups -OCH3 is 1. The van der Waals surface area contributed by atoms with E-state index in [1.807, 2.05) is 17.3 Å². The monoisotopic (exact) mass is 282 g/mol. The van der Waals surface area contributed by atoms with Crippen LogP contribution in [0.25, 0.3) is 0 Å². The summed E-state index contributed by atoms with van der Waals surface area (Å²) in [5, 5.41) is 12.4. The van der Waals surface area contributed by atoms with E-state index in [4.69, 9.17) is 9.84 Å². The molecule has 0 bridgehead atoms. The van der Waals surface area contributed by atoms with E-state index >= 15 is 0 Å². The van der Waals surface area contributed by atoms with Crippen molar-refractivity contribution in [3.05, 3.63) is 18.0 Å². The quantitative estimate of drug-likeness (QED) is 0.657. The summed E-state index contributed by atoms with van der Waals surface area (Å²) in [6.45, 7) is 7.94. The van der Waals surface area contributed by atoms with Crippen LogP contribution in [0.15, 0.2) is 12.4 Å². The SMILES string of the molecule is COCCN(CCO)c1ncc(CNCC(C)C)cn1. The van der Waals surface area contributed by atoms with E-state index in [-0.39, 0.29) is 6.61 Å². The van der Waals surface area contributed by atoms with Crippen molar-refractivity contribution in [1.29, 1.82) is 0 Å². The van der Waals surface area contributed by atoms with Crippen LogP contribution in [0.2, 0.25) is 0 Å². The topological polar surface area (TPSA) is 70.5 Å². The number of nitrogens with one attached hydrogen (secondary N) is 1. The zero-order valence-corrected chi connectivity index (χ0v) is 12.7. The first-order valence-corrected chi connectivity index (χ1v) is 7.03. The Kier molecular flexibility index (Phi) is 8.10. The molecular formula is C14H26N4O2.